The minimum absolute atomic E-state index is 0.767. The molecule has 3 aromatic rings. The summed E-state index contributed by atoms with van der Waals surface area (Å²) in [5.41, 5.74) is 2.38. The molecule has 0 aliphatic carbocycles. The van der Waals surface area contributed by atoms with Crippen LogP contribution in [0.5, 0.6) is 0 Å². The van der Waals surface area contributed by atoms with Crippen LogP contribution in [0.1, 0.15) is 5.56 Å². The Hall–Kier alpha value is -1.42. The molecule has 0 spiro atoms. The molecule has 108 valence electrons. The maximum Gasteiger partial charge on any atom is 0.0472 e. The molecule has 0 aliphatic rings. The lowest BCUT2D eigenvalue weighted by Crippen LogP contribution is -2.16. The SMILES string of the molecule is Clc1ccc2c(CNCCSc3ccccc3)c[nH]c2c1. The van der Waals surface area contributed by atoms with E-state index in [2.05, 4.69) is 46.8 Å². The van der Waals surface area contributed by atoms with Crippen molar-refractivity contribution in [1.82, 2.24) is 10.3 Å². The van der Waals surface area contributed by atoms with Crippen molar-refractivity contribution in [2.45, 2.75) is 11.4 Å². The first-order valence-corrected chi connectivity index (χ1v) is 8.33. The van der Waals surface area contributed by atoms with Crippen molar-refractivity contribution >= 4 is 34.3 Å². The van der Waals surface area contributed by atoms with Gasteiger partial charge >= 0.3 is 0 Å². The number of aromatic amines is 1. The van der Waals surface area contributed by atoms with E-state index >= 15 is 0 Å². The summed E-state index contributed by atoms with van der Waals surface area (Å²) < 4.78 is 0. The van der Waals surface area contributed by atoms with Crippen LogP contribution in [-0.4, -0.2) is 17.3 Å². The Bertz CT molecular complexity index is 709. The first-order valence-electron chi connectivity index (χ1n) is 6.97. The van der Waals surface area contributed by atoms with E-state index in [4.69, 9.17) is 11.6 Å². The summed E-state index contributed by atoms with van der Waals surface area (Å²) in [4.78, 5) is 4.59. The van der Waals surface area contributed by atoms with E-state index in [0.29, 0.717) is 0 Å². The molecule has 0 saturated carbocycles. The van der Waals surface area contributed by atoms with E-state index < -0.39 is 0 Å². The van der Waals surface area contributed by atoms with Crippen LogP contribution in [0.3, 0.4) is 0 Å². The second kappa shape index (κ2) is 7.03. The highest BCUT2D eigenvalue weighted by molar-refractivity contribution is 7.99. The molecule has 0 radical (unpaired) electrons. The quantitative estimate of drug-likeness (QED) is 0.509. The topological polar surface area (TPSA) is 27.8 Å². The molecule has 0 bridgehead atoms. The molecule has 4 heteroatoms. The number of hydrogen-bond donors (Lipinski definition) is 2. The molecule has 0 fully saturated rings. The lowest BCUT2D eigenvalue weighted by atomic mass is 10.2. The number of halogens is 1. The fourth-order valence-electron chi connectivity index (χ4n) is 2.29. The summed E-state index contributed by atoms with van der Waals surface area (Å²) >= 11 is 7.87. The number of hydrogen-bond acceptors (Lipinski definition) is 2. The zero-order valence-electron chi connectivity index (χ0n) is 11.6. The Kier molecular flexibility index (Phi) is 4.86. The Morgan fingerprint density at radius 1 is 1.10 bits per heavy atom. The predicted octanol–water partition coefficient (Wildman–Crippen LogP) is 4.70. The largest absolute Gasteiger partial charge is 0.361 e. The molecule has 2 N–H and O–H groups in total. The molecule has 0 amide bonds. The van der Waals surface area contributed by atoms with Gasteiger partial charge in [0, 0.05) is 45.9 Å². The first kappa shape index (κ1) is 14.5. The first-order chi connectivity index (χ1) is 10.3. The average molecular weight is 317 g/mol. The zero-order valence-corrected chi connectivity index (χ0v) is 13.2. The van der Waals surface area contributed by atoms with Crippen molar-refractivity contribution in [3.63, 3.8) is 0 Å². The number of fused-ring (bicyclic) bond motifs is 1. The van der Waals surface area contributed by atoms with E-state index in [9.17, 15) is 0 Å². The lowest BCUT2D eigenvalue weighted by Gasteiger charge is -2.04. The normalized spacial score (nSPS) is 11.1. The predicted molar refractivity (Wildman–Crippen MR) is 92.2 cm³/mol. The van der Waals surface area contributed by atoms with Crippen LogP contribution in [-0.2, 0) is 6.54 Å². The standard InChI is InChI=1S/C17H17ClN2S/c18-14-6-7-16-13(12-20-17(16)10-14)11-19-8-9-21-15-4-2-1-3-5-15/h1-7,10,12,19-20H,8-9,11H2. The number of aromatic nitrogens is 1. The van der Waals surface area contributed by atoms with Crippen LogP contribution in [0.4, 0.5) is 0 Å². The van der Waals surface area contributed by atoms with Gasteiger partial charge in [-0.1, -0.05) is 35.9 Å². The molecular formula is C17H17ClN2S. The minimum Gasteiger partial charge on any atom is -0.361 e. The maximum atomic E-state index is 5.99. The molecular weight excluding hydrogens is 300 g/mol. The molecule has 0 atom stereocenters. The van der Waals surface area contributed by atoms with Gasteiger partial charge in [-0.2, -0.15) is 0 Å². The summed E-state index contributed by atoms with van der Waals surface area (Å²) in [6.07, 6.45) is 2.05. The van der Waals surface area contributed by atoms with E-state index in [-0.39, 0.29) is 0 Å². The van der Waals surface area contributed by atoms with Gasteiger partial charge in [-0.05, 0) is 29.8 Å². The van der Waals surface area contributed by atoms with E-state index in [0.717, 1.165) is 29.4 Å². The fourth-order valence-corrected chi connectivity index (χ4v) is 3.29. The second-order valence-electron chi connectivity index (χ2n) is 4.84. The molecule has 0 aliphatic heterocycles. The molecule has 2 nitrogen and oxygen atoms in total. The summed E-state index contributed by atoms with van der Waals surface area (Å²) in [6, 6.07) is 16.5. The van der Waals surface area contributed by atoms with Crippen molar-refractivity contribution < 1.29 is 0 Å². The molecule has 1 heterocycles. The monoisotopic (exact) mass is 316 g/mol. The van der Waals surface area contributed by atoms with Crippen LogP contribution in [0.15, 0.2) is 59.6 Å². The van der Waals surface area contributed by atoms with Gasteiger partial charge in [0.15, 0.2) is 0 Å². The zero-order chi connectivity index (χ0) is 14.5. The fraction of sp³-hybridized carbons (Fsp3) is 0.176. The Morgan fingerprint density at radius 3 is 2.81 bits per heavy atom. The summed E-state index contributed by atoms with van der Waals surface area (Å²) in [7, 11) is 0. The highest BCUT2D eigenvalue weighted by atomic mass is 35.5. The van der Waals surface area contributed by atoms with Crippen LogP contribution >= 0.6 is 23.4 Å². The van der Waals surface area contributed by atoms with Crippen molar-refractivity contribution in [3.05, 3.63) is 65.3 Å². The third-order valence-corrected chi connectivity index (χ3v) is 4.58. The van der Waals surface area contributed by atoms with Gasteiger partial charge in [0.1, 0.15) is 0 Å². The number of rotatable bonds is 6. The third kappa shape index (κ3) is 3.82. The lowest BCUT2D eigenvalue weighted by molar-refractivity contribution is 0.735. The van der Waals surface area contributed by atoms with Crippen molar-refractivity contribution in [1.29, 1.82) is 0 Å². The number of thioether (sulfide) groups is 1. The molecule has 0 saturated heterocycles. The summed E-state index contributed by atoms with van der Waals surface area (Å²) in [6.45, 7) is 1.86. The molecule has 2 aromatic carbocycles. The van der Waals surface area contributed by atoms with Gasteiger partial charge < -0.3 is 10.3 Å². The molecule has 0 unspecified atom stereocenters. The molecule has 21 heavy (non-hydrogen) atoms. The third-order valence-electron chi connectivity index (χ3n) is 3.34. The molecule has 3 rings (SSSR count). The Morgan fingerprint density at radius 2 is 1.95 bits per heavy atom. The van der Waals surface area contributed by atoms with Gasteiger partial charge in [-0.3, -0.25) is 0 Å². The van der Waals surface area contributed by atoms with Crippen LogP contribution in [0.25, 0.3) is 10.9 Å². The maximum absolute atomic E-state index is 5.99. The number of benzene rings is 2. The van der Waals surface area contributed by atoms with Crippen molar-refractivity contribution in [2.24, 2.45) is 0 Å². The van der Waals surface area contributed by atoms with Gasteiger partial charge in [0.05, 0.1) is 0 Å². The Balaban J connectivity index is 1.48. The van der Waals surface area contributed by atoms with Gasteiger partial charge in [0.25, 0.3) is 0 Å². The van der Waals surface area contributed by atoms with Gasteiger partial charge in [-0.25, -0.2) is 0 Å². The molecule has 1 aromatic heterocycles. The second-order valence-corrected chi connectivity index (χ2v) is 6.45. The summed E-state index contributed by atoms with van der Waals surface area (Å²) in [5.74, 6) is 1.07. The van der Waals surface area contributed by atoms with Gasteiger partial charge in [0.2, 0.25) is 0 Å². The highest BCUT2D eigenvalue weighted by Crippen LogP contribution is 2.22. The van der Waals surface area contributed by atoms with E-state index in [1.165, 1.54) is 15.8 Å². The smallest absolute Gasteiger partial charge is 0.0472 e. The van der Waals surface area contributed by atoms with E-state index in [1.54, 1.807) is 0 Å². The van der Waals surface area contributed by atoms with Crippen LogP contribution in [0.2, 0.25) is 5.02 Å². The highest BCUT2D eigenvalue weighted by Gasteiger charge is 2.03. The number of nitrogens with one attached hydrogen (secondary N) is 2. The minimum atomic E-state index is 0.767. The van der Waals surface area contributed by atoms with E-state index in [1.807, 2.05) is 30.0 Å². The summed E-state index contributed by atoms with van der Waals surface area (Å²) in [5, 5.41) is 5.50. The average Bonchev–Trinajstić information content (AvgIpc) is 2.90. The van der Waals surface area contributed by atoms with Crippen LogP contribution in [0, 0.1) is 0 Å². The Labute approximate surface area is 133 Å². The van der Waals surface area contributed by atoms with Gasteiger partial charge in [-0.15, -0.1) is 11.8 Å². The van der Waals surface area contributed by atoms with Crippen molar-refractivity contribution in [2.75, 3.05) is 12.3 Å². The van der Waals surface area contributed by atoms with Crippen molar-refractivity contribution in [3.8, 4) is 0 Å². The number of H-pyrrole nitrogens is 1. The van der Waals surface area contributed by atoms with Crippen LogP contribution < -0.4 is 5.32 Å².